The Morgan fingerprint density at radius 3 is 1.79 bits per heavy atom. The molecular weight excluding hydrogens is 432 g/mol. The van der Waals surface area contributed by atoms with Gasteiger partial charge in [0.05, 0.1) is 5.92 Å². The lowest BCUT2D eigenvalue weighted by molar-refractivity contribution is 0.221. The molecule has 1 heterocycles. The Bertz CT molecular complexity index is 1310. The molecule has 4 aromatic carbocycles. The summed E-state index contributed by atoms with van der Waals surface area (Å²) in [5.41, 5.74) is 4.28. The van der Waals surface area contributed by atoms with Crippen molar-refractivity contribution < 1.29 is 30.3 Å². The van der Waals surface area contributed by atoms with Crippen LogP contribution >= 0.6 is 0 Å². The molecule has 0 radical (unpaired) electrons. The van der Waals surface area contributed by atoms with Gasteiger partial charge in [-0.05, 0) is 77.6 Å². The standard InChI is InChI=1S/C28H24O6/c29-20-7-2-16(3-8-20)1-4-18-11-24(33)15-25-26(18)27(19-12-22(31)14-23(32)13-19)28(34-25)17-5-9-21(30)10-6-17/h2-3,5-15,27-33H,1,4H2/t27-,28-/m1/s1. The first-order chi connectivity index (χ1) is 16.4. The summed E-state index contributed by atoms with van der Waals surface area (Å²) in [4.78, 5) is 0. The number of phenols is 5. The molecule has 0 aromatic heterocycles. The normalized spacial score (nSPS) is 16.7. The lowest BCUT2D eigenvalue weighted by atomic mass is 9.81. The predicted molar refractivity (Wildman–Crippen MR) is 127 cm³/mol. The molecule has 1 aliphatic rings. The molecule has 0 bridgehead atoms. The molecule has 5 N–H and O–H groups in total. The van der Waals surface area contributed by atoms with Crippen LogP contribution in [0, 0.1) is 0 Å². The van der Waals surface area contributed by atoms with E-state index in [9.17, 15) is 25.5 Å². The van der Waals surface area contributed by atoms with Crippen LogP contribution in [-0.2, 0) is 12.8 Å². The van der Waals surface area contributed by atoms with Gasteiger partial charge in [-0.2, -0.15) is 0 Å². The molecule has 0 unspecified atom stereocenters. The van der Waals surface area contributed by atoms with Crippen molar-refractivity contribution in [3.8, 4) is 34.5 Å². The molecular formula is C28H24O6. The Labute approximate surface area is 196 Å². The topological polar surface area (TPSA) is 110 Å². The van der Waals surface area contributed by atoms with E-state index in [1.165, 1.54) is 6.07 Å². The van der Waals surface area contributed by atoms with E-state index in [4.69, 9.17) is 4.74 Å². The molecule has 2 atom stereocenters. The van der Waals surface area contributed by atoms with Gasteiger partial charge in [0.15, 0.2) is 0 Å². The maximum absolute atomic E-state index is 10.4. The van der Waals surface area contributed by atoms with Gasteiger partial charge in [-0.1, -0.05) is 24.3 Å². The zero-order chi connectivity index (χ0) is 23.8. The summed E-state index contributed by atoms with van der Waals surface area (Å²) in [5.74, 6) is 0.478. The molecule has 1 aliphatic heterocycles. The Hall–Kier alpha value is -4.32. The van der Waals surface area contributed by atoms with Crippen molar-refractivity contribution in [1.29, 1.82) is 0 Å². The summed E-state index contributed by atoms with van der Waals surface area (Å²) in [6, 6.07) is 21.5. The second-order valence-electron chi connectivity index (χ2n) is 8.57. The van der Waals surface area contributed by atoms with Crippen LogP contribution in [0.25, 0.3) is 0 Å². The largest absolute Gasteiger partial charge is 0.508 e. The second-order valence-corrected chi connectivity index (χ2v) is 8.57. The number of aromatic hydroxyl groups is 5. The highest BCUT2D eigenvalue weighted by Gasteiger charge is 2.39. The highest BCUT2D eigenvalue weighted by atomic mass is 16.5. The van der Waals surface area contributed by atoms with Crippen LogP contribution < -0.4 is 4.74 Å². The predicted octanol–water partition coefficient (Wildman–Crippen LogP) is 5.27. The Kier molecular flexibility index (Phi) is 5.42. The molecule has 172 valence electrons. The summed E-state index contributed by atoms with van der Waals surface area (Å²) < 4.78 is 6.33. The first kappa shape index (κ1) is 21.5. The van der Waals surface area contributed by atoms with Gasteiger partial charge in [0.1, 0.15) is 40.6 Å². The van der Waals surface area contributed by atoms with E-state index in [1.807, 2.05) is 12.1 Å². The second kappa shape index (κ2) is 8.56. The van der Waals surface area contributed by atoms with Crippen molar-refractivity contribution in [2.24, 2.45) is 0 Å². The lowest BCUT2D eigenvalue weighted by Gasteiger charge is -2.22. The summed E-state index contributed by atoms with van der Waals surface area (Å²) >= 11 is 0. The maximum Gasteiger partial charge on any atom is 0.135 e. The van der Waals surface area contributed by atoms with Crippen molar-refractivity contribution in [3.63, 3.8) is 0 Å². The molecule has 0 saturated heterocycles. The minimum atomic E-state index is -0.494. The van der Waals surface area contributed by atoms with Gasteiger partial charge in [0, 0.05) is 17.7 Å². The Morgan fingerprint density at radius 2 is 1.15 bits per heavy atom. The number of ether oxygens (including phenoxy) is 1. The number of hydrogen-bond acceptors (Lipinski definition) is 6. The van der Waals surface area contributed by atoms with Crippen LogP contribution in [0.3, 0.4) is 0 Å². The lowest BCUT2D eigenvalue weighted by Crippen LogP contribution is -2.12. The van der Waals surface area contributed by atoms with Crippen molar-refractivity contribution in [2.75, 3.05) is 0 Å². The first-order valence-corrected chi connectivity index (χ1v) is 11.0. The molecule has 5 rings (SSSR count). The summed E-state index contributed by atoms with van der Waals surface area (Å²) in [5, 5.41) is 50.1. The van der Waals surface area contributed by atoms with Gasteiger partial charge in [-0.25, -0.2) is 0 Å². The number of hydrogen-bond donors (Lipinski definition) is 5. The number of benzene rings is 4. The van der Waals surface area contributed by atoms with E-state index in [0.717, 1.165) is 22.3 Å². The molecule has 0 fully saturated rings. The van der Waals surface area contributed by atoms with Crippen LogP contribution in [0.4, 0.5) is 0 Å². The van der Waals surface area contributed by atoms with Crippen LogP contribution in [0.2, 0.25) is 0 Å². The van der Waals surface area contributed by atoms with Crippen molar-refractivity contribution in [3.05, 3.63) is 107 Å². The fourth-order valence-corrected chi connectivity index (χ4v) is 4.69. The fourth-order valence-electron chi connectivity index (χ4n) is 4.69. The van der Waals surface area contributed by atoms with E-state index >= 15 is 0 Å². The van der Waals surface area contributed by atoms with Gasteiger partial charge in [-0.3, -0.25) is 0 Å². The third-order valence-electron chi connectivity index (χ3n) is 6.21. The monoisotopic (exact) mass is 456 g/mol. The third kappa shape index (κ3) is 4.18. The molecule has 0 amide bonds. The van der Waals surface area contributed by atoms with E-state index < -0.39 is 6.10 Å². The van der Waals surface area contributed by atoms with Gasteiger partial charge < -0.3 is 30.3 Å². The number of aryl methyl sites for hydroxylation is 2. The average molecular weight is 456 g/mol. The zero-order valence-electron chi connectivity index (χ0n) is 18.2. The maximum atomic E-state index is 10.4. The fraction of sp³-hybridized carbons (Fsp3) is 0.143. The summed E-state index contributed by atoms with van der Waals surface area (Å²) in [6.07, 6.45) is 0.790. The number of phenolic OH excluding ortho intramolecular Hbond substituents is 5. The first-order valence-electron chi connectivity index (χ1n) is 11.0. The van der Waals surface area contributed by atoms with Crippen LogP contribution in [0.15, 0.2) is 78.9 Å². The molecule has 34 heavy (non-hydrogen) atoms. The Morgan fingerprint density at radius 1 is 0.559 bits per heavy atom. The third-order valence-corrected chi connectivity index (χ3v) is 6.21. The molecule has 0 aliphatic carbocycles. The van der Waals surface area contributed by atoms with E-state index in [2.05, 4.69) is 0 Å². The van der Waals surface area contributed by atoms with E-state index in [1.54, 1.807) is 60.7 Å². The average Bonchev–Trinajstić information content (AvgIpc) is 3.17. The van der Waals surface area contributed by atoms with E-state index in [0.29, 0.717) is 24.2 Å². The molecule has 6 heteroatoms. The molecule has 0 spiro atoms. The van der Waals surface area contributed by atoms with Crippen LogP contribution in [-0.4, -0.2) is 25.5 Å². The summed E-state index contributed by atoms with van der Waals surface area (Å²) in [7, 11) is 0. The zero-order valence-corrected chi connectivity index (χ0v) is 18.2. The summed E-state index contributed by atoms with van der Waals surface area (Å²) in [6.45, 7) is 0. The number of fused-ring (bicyclic) bond motifs is 1. The SMILES string of the molecule is Oc1ccc(CCc2cc(O)cc3c2[C@@H](c2cc(O)cc(O)c2)[C@@H](c2ccc(O)cc2)O3)cc1. The number of rotatable bonds is 5. The van der Waals surface area contributed by atoms with Crippen molar-refractivity contribution in [2.45, 2.75) is 24.9 Å². The van der Waals surface area contributed by atoms with Crippen LogP contribution in [0.5, 0.6) is 34.5 Å². The molecule has 0 saturated carbocycles. The minimum absolute atomic E-state index is 0.0580. The van der Waals surface area contributed by atoms with Crippen molar-refractivity contribution in [1.82, 2.24) is 0 Å². The highest BCUT2D eigenvalue weighted by molar-refractivity contribution is 5.57. The molecule has 4 aromatic rings. The quantitative estimate of drug-likeness (QED) is 0.280. The van der Waals surface area contributed by atoms with Crippen LogP contribution in [0.1, 0.15) is 39.8 Å². The Balaban J connectivity index is 1.60. The van der Waals surface area contributed by atoms with Gasteiger partial charge in [0.25, 0.3) is 0 Å². The smallest absolute Gasteiger partial charge is 0.135 e. The van der Waals surface area contributed by atoms with Gasteiger partial charge in [-0.15, -0.1) is 0 Å². The highest BCUT2D eigenvalue weighted by Crippen LogP contribution is 2.53. The van der Waals surface area contributed by atoms with Crippen molar-refractivity contribution >= 4 is 0 Å². The molecule has 6 nitrogen and oxygen atoms in total. The van der Waals surface area contributed by atoms with Gasteiger partial charge in [0.2, 0.25) is 0 Å². The van der Waals surface area contributed by atoms with E-state index in [-0.39, 0.29) is 34.7 Å². The van der Waals surface area contributed by atoms with Gasteiger partial charge >= 0.3 is 0 Å². The minimum Gasteiger partial charge on any atom is -0.508 e.